The molecule has 0 amide bonds. The van der Waals surface area contributed by atoms with Crippen LogP contribution in [0.25, 0.3) is 0 Å². The Balaban J connectivity index is 2.16. The number of hydrogen-bond donors (Lipinski definition) is 2. The van der Waals surface area contributed by atoms with Gasteiger partial charge in [0.05, 0.1) is 6.33 Å². The molecule has 2 aromatic rings. The van der Waals surface area contributed by atoms with Gasteiger partial charge in [-0.25, -0.2) is 9.37 Å². The number of nitrogens with one attached hydrogen (secondary N) is 2. The normalized spacial score (nSPS) is 10.2. The lowest BCUT2D eigenvalue weighted by atomic mass is 10.2. The average Bonchev–Trinajstić information content (AvgIpc) is 2.33. The van der Waals surface area contributed by atoms with Crippen LogP contribution in [0.2, 0.25) is 0 Å². The van der Waals surface area contributed by atoms with Crippen LogP contribution in [0.5, 0.6) is 0 Å². The third-order valence-corrected chi connectivity index (χ3v) is 3.20. The van der Waals surface area contributed by atoms with Gasteiger partial charge >= 0.3 is 0 Å². The van der Waals surface area contributed by atoms with Crippen molar-refractivity contribution >= 4 is 28.4 Å². The second-order valence-electron chi connectivity index (χ2n) is 3.34. The zero-order valence-electron chi connectivity index (χ0n) is 8.71. The molecule has 0 aliphatic heterocycles. The molecule has 0 radical (unpaired) electrons. The number of halogens is 2. The van der Waals surface area contributed by atoms with Gasteiger partial charge in [0, 0.05) is 12.1 Å². The SMILES string of the molecule is O=c1[nH]cnc(NCc2ccccc2F)c1I. The van der Waals surface area contributed by atoms with E-state index in [4.69, 9.17) is 0 Å². The predicted octanol–water partition coefficient (Wildman–Crippen LogP) is 2.13. The fourth-order valence-corrected chi connectivity index (χ4v) is 1.81. The van der Waals surface area contributed by atoms with E-state index in [1.165, 1.54) is 12.4 Å². The van der Waals surface area contributed by atoms with Crippen LogP contribution in [0.3, 0.4) is 0 Å². The number of nitrogens with zero attached hydrogens (tertiary/aromatic N) is 1. The van der Waals surface area contributed by atoms with Crippen LogP contribution >= 0.6 is 22.6 Å². The maximum atomic E-state index is 13.3. The molecule has 0 spiro atoms. The Morgan fingerprint density at radius 2 is 2.18 bits per heavy atom. The third kappa shape index (κ3) is 2.82. The largest absolute Gasteiger partial charge is 0.365 e. The number of anilines is 1. The summed E-state index contributed by atoms with van der Waals surface area (Å²) in [5, 5.41) is 2.93. The number of rotatable bonds is 3. The average molecular weight is 345 g/mol. The summed E-state index contributed by atoms with van der Waals surface area (Å²) in [4.78, 5) is 17.7. The molecule has 4 nitrogen and oxygen atoms in total. The van der Waals surface area contributed by atoms with Gasteiger partial charge in [0.25, 0.3) is 5.56 Å². The molecule has 2 rings (SSSR count). The summed E-state index contributed by atoms with van der Waals surface area (Å²) in [6.07, 6.45) is 1.31. The van der Waals surface area contributed by atoms with E-state index in [0.717, 1.165) is 0 Å². The first kappa shape index (κ1) is 12.0. The molecular weight excluding hydrogens is 336 g/mol. The first-order valence-electron chi connectivity index (χ1n) is 4.89. The lowest BCUT2D eigenvalue weighted by molar-refractivity contribution is 0.613. The molecule has 1 heterocycles. The van der Waals surface area contributed by atoms with Crippen molar-refractivity contribution in [3.05, 3.63) is 55.9 Å². The molecule has 0 saturated heterocycles. The summed E-state index contributed by atoms with van der Waals surface area (Å²) in [6.45, 7) is 0.291. The topological polar surface area (TPSA) is 57.8 Å². The molecule has 0 fully saturated rings. The van der Waals surface area contributed by atoms with Gasteiger partial charge in [-0.1, -0.05) is 18.2 Å². The van der Waals surface area contributed by atoms with Crippen LogP contribution in [-0.2, 0) is 6.54 Å². The van der Waals surface area contributed by atoms with Gasteiger partial charge in [-0.05, 0) is 28.7 Å². The number of aromatic nitrogens is 2. The minimum Gasteiger partial charge on any atom is -0.365 e. The van der Waals surface area contributed by atoms with Crippen LogP contribution in [0.1, 0.15) is 5.56 Å². The Labute approximate surface area is 110 Å². The van der Waals surface area contributed by atoms with E-state index in [2.05, 4.69) is 15.3 Å². The van der Waals surface area contributed by atoms with E-state index in [-0.39, 0.29) is 11.4 Å². The minimum atomic E-state index is -0.278. The Hall–Kier alpha value is -1.44. The molecular formula is C11H9FIN3O. The summed E-state index contributed by atoms with van der Waals surface area (Å²) in [5.74, 6) is 0.178. The lowest BCUT2D eigenvalue weighted by Crippen LogP contribution is -2.14. The fraction of sp³-hybridized carbons (Fsp3) is 0.0909. The molecule has 88 valence electrons. The lowest BCUT2D eigenvalue weighted by Gasteiger charge is -2.07. The fourth-order valence-electron chi connectivity index (χ4n) is 1.33. The molecule has 0 unspecified atom stereocenters. The Kier molecular flexibility index (Phi) is 3.72. The van der Waals surface area contributed by atoms with Crippen LogP contribution in [0.15, 0.2) is 35.4 Å². The van der Waals surface area contributed by atoms with Crippen molar-refractivity contribution in [1.29, 1.82) is 0 Å². The van der Waals surface area contributed by atoms with Gasteiger partial charge in [-0.15, -0.1) is 0 Å². The molecule has 2 N–H and O–H groups in total. The molecule has 1 aromatic heterocycles. The molecule has 17 heavy (non-hydrogen) atoms. The summed E-state index contributed by atoms with van der Waals surface area (Å²) in [5.41, 5.74) is 0.321. The summed E-state index contributed by atoms with van der Waals surface area (Å²) in [6, 6.07) is 6.47. The van der Waals surface area contributed by atoms with Crippen molar-refractivity contribution < 1.29 is 4.39 Å². The quantitative estimate of drug-likeness (QED) is 0.838. The predicted molar refractivity (Wildman–Crippen MR) is 71.3 cm³/mol. The first-order valence-corrected chi connectivity index (χ1v) is 5.97. The minimum absolute atomic E-state index is 0.211. The zero-order chi connectivity index (χ0) is 12.3. The maximum Gasteiger partial charge on any atom is 0.266 e. The van der Waals surface area contributed by atoms with Crippen LogP contribution in [0.4, 0.5) is 10.2 Å². The molecule has 0 aliphatic rings. The third-order valence-electron chi connectivity index (χ3n) is 2.20. The second-order valence-corrected chi connectivity index (χ2v) is 4.42. The highest BCUT2D eigenvalue weighted by atomic mass is 127. The summed E-state index contributed by atoms with van der Waals surface area (Å²) in [7, 11) is 0. The van der Waals surface area contributed by atoms with Gasteiger partial charge in [0.1, 0.15) is 15.2 Å². The van der Waals surface area contributed by atoms with Gasteiger partial charge in [-0.2, -0.15) is 0 Å². The monoisotopic (exact) mass is 345 g/mol. The van der Waals surface area contributed by atoms with Gasteiger partial charge in [0.15, 0.2) is 0 Å². The van der Waals surface area contributed by atoms with Crippen molar-refractivity contribution in [2.75, 3.05) is 5.32 Å². The number of hydrogen-bond acceptors (Lipinski definition) is 3. The van der Waals surface area contributed by atoms with E-state index >= 15 is 0 Å². The van der Waals surface area contributed by atoms with Crippen LogP contribution in [0, 0.1) is 9.39 Å². The maximum absolute atomic E-state index is 13.3. The van der Waals surface area contributed by atoms with Gasteiger partial charge in [0.2, 0.25) is 0 Å². The highest BCUT2D eigenvalue weighted by Gasteiger charge is 2.06. The van der Waals surface area contributed by atoms with Gasteiger partial charge in [-0.3, -0.25) is 4.79 Å². The molecule has 0 atom stereocenters. The number of H-pyrrole nitrogens is 1. The standard InChI is InChI=1S/C11H9FIN3O/c12-8-4-2-1-3-7(8)5-14-10-9(13)11(17)16-6-15-10/h1-4,6H,5H2,(H2,14,15,16,17). The highest BCUT2D eigenvalue weighted by molar-refractivity contribution is 14.1. The molecule has 0 saturated carbocycles. The highest BCUT2D eigenvalue weighted by Crippen LogP contribution is 2.12. The van der Waals surface area contributed by atoms with E-state index in [1.807, 2.05) is 22.6 Å². The van der Waals surface area contributed by atoms with Crippen molar-refractivity contribution in [3.63, 3.8) is 0 Å². The smallest absolute Gasteiger partial charge is 0.266 e. The summed E-state index contributed by atoms with van der Waals surface area (Å²) >= 11 is 1.89. The summed E-state index contributed by atoms with van der Waals surface area (Å²) < 4.78 is 13.8. The van der Waals surface area contributed by atoms with Crippen molar-refractivity contribution in [2.24, 2.45) is 0 Å². The number of aromatic amines is 1. The van der Waals surface area contributed by atoms with Crippen molar-refractivity contribution in [3.8, 4) is 0 Å². The zero-order valence-corrected chi connectivity index (χ0v) is 10.9. The molecule has 0 bridgehead atoms. The molecule has 1 aromatic carbocycles. The molecule has 6 heteroatoms. The van der Waals surface area contributed by atoms with Crippen LogP contribution in [-0.4, -0.2) is 9.97 Å². The van der Waals surface area contributed by atoms with Crippen molar-refractivity contribution in [1.82, 2.24) is 9.97 Å². The van der Waals surface area contributed by atoms with E-state index in [0.29, 0.717) is 21.5 Å². The number of benzene rings is 1. The van der Waals surface area contributed by atoms with E-state index < -0.39 is 0 Å². The second kappa shape index (κ2) is 5.26. The van der Waals surface area contributed by atoms with E-state index in [1.54, 1.807) is 18.2 Å². The Morgan fingerprint density at radius 1 is 1.41 bits per heavy atom. The molecule has 0 aliphatic carbocycles. The van der Waals surface area contributed by atoms with Gasteiger partial charge < -0.3 is 10.3 Å². The Morgan fingerprint density at radius 3 is 2.94 bits per heavy atom. The van der Waals surface area contributed by atoms with Crippen molar-refractivity contribution in [2.45, 2.75) is 6.54 Å². The van der Waals surface area contributed by atoms with Crippen LogP contribution < -0.4 is 10.9 Å². The first-order chi connectivity index (χ1) is 8.18. The van der Waals surface area contributed by atoms with E-state index in [9.17, 15) is 9.18 Å². The Bertz CT molecular complexity index is 585.